The monoisotopic (exact) mass is 337 g/mol. The van der Waals surface area contributed by atoms with Crippen LogP contribution in [-0.2, 0) is 0 Å². The molecule has 1 aliphatic rings. The summed E-state index contributed by atoms with van der Waals surface area (Å²) in [6, 6.07) is 8.79. The number of nitrogens with one attached hydrogen (secondary N) is 1. The van der Waals surface area contributed by atoms with Crippen LogP contribution >= 0.6 is 15.9 Å². The molecule has 0 aromatic heterocycles. The second kappa shape index (κ2) is 7.09. The van der Waals surface area contributed by atoms with Crippen molar-refractivity contribution in [3.8, 4) is 0 Å². The first-order chi connectivity index (χ1) is 9.63. The van der Waals surface area contributed by atoms with Gasteiger partial charge in [-0.2, -0.15) is 0 Å². The van der Waals surface area contributed by atoms with E-state index in [0.29, 0.717) is 11.3 Å². The topological polar surface area (TPSA) is 12.0 Å². The SMILES string of the molecule is CCC(C)CC1(CC)CCNCC1c1ccccc1Br. The van der Waals surface area contributed by atoms with Crippen LogP contribution in [0.3, 0.4) is 0 Å². The van der Waals surface area contributed by atoms with Crippen molar-refractivity contribution in [3.63, 3.8) is 0 Å². The van der Waals surface area contributed by atoms with Crippen LogP contribution in [0.1, 0.15) is 57.9 Å². The van der Waals surface area contributed by atoms with E-state index in [9.17, 15) is 0 Å². The predicted molar refractivity (Wildman–Crippen MR) is 91.2 cm³/mol. The summed E-state index contributed by atoms with van der Waals surface area (Å²) >= 11 is 3.77. The molecule has 0 saturated carbocycles. The molecule has 3 atom stereocenters. The molecule has 1 nitrogen and oxygen atoms in total. The summed E-state index contributed by atoms with van der Waals surface area (Å²) < 4.78 is 1.27. The van der Waals surface area contributed by atoms with Gasteiger partial charge < -0.3 is 5.32 Å². The van der Waals surface area contributed by atoms with Gasteiger partial charge in [0, 0.05) is 16.9 Å². The molecule has 1 saturated heterocycles. The predicted octanol–water partition coefficient (Wildman–Crippen LogP) is 5.36. The van der Waals surface area contributed by atoms with Gasteiger partial charge in [0.05, 0.1) is 0 Å². The lowest BCUT2D eigenvalue weighted by molar-refractivity contribution is 0.116. The Labute approximate surface area is 132 Å². The maximum absolute atomic E-state index is 3.77. The van der Waals surface area contributed by atoms with Gasteiger partial charge in [0.1, 0.15) is 0 Å². The van der Waals surface area contributed by atoms with E-state index >= 15 is 0 Å². The largest absolute Gasteiger partial charge is 0.316 e. The third kappa shape index (κ3) is 3.28. The molecule has 1 aromatic rings. The Kier molecular flexibility index (Phi) is 5.68. The number of halogens is 1. The summed E-state index contributed by atoms with van der Waals surface area (Å²) in [5.41, 5.74) is 1.95. The average molecular weight is 338 g/mol. The minimum Gasteiger partial charge on any atom is -0.316 e. The summed E-state index contributed by atoms with van der Waals surface area (Å²) in [5.74, 6) is 1.45. The molecular weight excluding hydrogens is 310 g/mol. The summed E-state index contributed by atoms with van der Waals surface area (Å²) in [6.45, 7) is 9.41. The summed E-state index contributed by atoms with van der Waals surface area (Å²) in [6.07, 6.45) is 5.23. The fraction of sp³-hybridized carbons (Fsp3) is 0.667. The minimum atomic E-state index is 0.463. The molecule has 3 unspecified atom stereocenters. The van der Waals surface area contributed by atoms with Crippen LogP contribution in [-0.4, -0.2) is 13.1 Å². The highest BCUT2D eigenvalue weighted by molar-refractivity contribution is 9.10. The van der Waals surface area contributed by atoms with Crippen molar-refractivity contribution in [2.75, 3.05) is 13.1 Å². The molecule has 1 heterocycles. The van der Waals surface area contributed by atoms with Gasteiger partial charge in [-0.05, 0) is 48.8 Å². The normalized spacial score (nSPS) is 28.3. The molecule has 0 radical (unpaired) electrons. The number of piperidine rings is 1. The number of rotatable bonds is 5. The first kappa shape index (κ1) is 16.0. The standard InChI is InChI=1S/C18H28BrN/c1-4-14(3)12-18(5-2)10-11-20-13-16(18)15-8-6-7-9-17(15)19/h6-9,14,16,20H,4-5,10-13H2,1-3H3. The third-order valence-electron chi connectivity index (χ3n) is 5.32. The van der Waals surface area contributed by atoms with Gasteiger partial charge in [-0.25, -0.2) is 0 Å². The summed E-state index contributed by atoms with van der Waals surface area (Å²) in [7, 11) is 0. The van der Waals surface area contributed by atoms with Crippen LogP contribution in [0.4, 0.5) is 0 Å². The fourth-order valence-electron chi connectivity index (χ4n) is 3.82. The second-order valence-electron chi connectivity index (χ2n) is 6.46. The van der Waals surface area contributed by atoms with Crippen molar-refractivity contribution < 1.29 is 0 Å². The van der Waals surface area contributed by atoms with Crippen molar-refractivity contribution in [1.29, 1.82) is 0 Å². The number of benzene rings is 1. The van der Waals surface area contributed by atoms with Crippen LogP contribution in [0.25, 0.3) is 0 Å². The van der Waals surface area contributed by atoms with Gasteiger partial charge in [0.2, 0.25) is 0 Å². The van der Waals surface area contributed by atoms with Crippen molar-refractivity contribution >= 4 is 15.9 Å². The maximum atomic E-state index is 3.77. The Balaban J connectivity index is 2.34. The van der Waals surface area contributed by atoms with Crippen molar-refractivity contribution in [3.05, 3.63) is 34.3 Å². The molecular formula is C18H28BrN. The lowest BCUT2D eigenvalue weighted by atomic mass is 9.62. The van der Waals surface area contributed by atoms with E-state index in [-0.39, 0.29) is 0 Å². The van der Waals surface area contributed by atoms with Gasteiger partial charge in [0.25, 0.3) is 0 Å². The first-order valence-electron chi connectivity index (χ1n) is 8.08. The molecule has 0 aliphatic carbocycles. The Morgan fingerprint density at radius 1 is 1.35 bits per heavy atom. The zero-order chi connectivity index (χ0) is 14.6. The molecule has 112 valence electrons. The Morgan fingerprint density at radius 3 is 2.75 bits per heavy atom. The van der Waals surface area contributed by atoms with Gasteiger partial charge in [-0.15, -0.1) is 0 Å². The van der Waals surface area contributed by atoms with Crippen molar-refractivity contribution in [2.45, 2.75) is 52.4 Å². The summed E-state index contributed by atoms with van der Waals surface area (Å²) in [4.78, 5) is 0. The lowest BCUT2D eigenvalue weighted by Gasteiger charge is -2.46. The Bertz CT molecular complexity index is 431. The van der Waals surface area contributed by atoms with Gasteiger partial charge in [-0.1, -0.05) is 61.3 Å². The van der Waals surface area contributed by atoms with Gasteiger partial charge in [0.15, 0.2) is 0 Å². The molecule has 1 aromatic carbocycles. The zero-order valence-corrected chi connectivity index (χ0v) is 14.7. The van der Waals surface area contributed by atoms with E-state index in [1.807, 2.05) is 0 Å². The number of hydrogen-bond donors (Lipinski definition) is 1. The van der Waals surface area contributed by atoms with Crippen LogP contribution < -0.4 is 5.32 Å². The van der Waals surface area contributed by atoms with Crippen LogP contribution in [0.5, 0.6) is 0 Å². The molecule has 0 spiro atoms. The van der Waals surface area contributed by atoms with E-state index in [1.165, 1.54) is 42.3 Å². The number of hydrogen-bond acceptors (Lipinski definition) is 1. The van der Waals surface area contributed by atoms with E-state index in [1.54, 1.807) is 0 Å². The van der Waals surface area contributed by atoms with Crippen LogP contribution in [0, 0.1) is 11.3 Å². The minimum absolute atomic E-state index is 0.463. The summed E-state index contributed by atoms with van der Waals surface area (Å²) in [5, 5.41) is 3.62. The highest BCUT2D eigenvalue weighted by atomic mass is 79.9. The Hall–Kier alpha value is -0.340. The van der Waals surface area contributed by atoms with Crippen molar-refractivity contribution in [1.82, 2.24) is 5.32 Å². The molecule has 20 heavy (non-hydrogen) atoms. The van der Waals surface area contributed by atoms with Gasteiger partial charge in [-0.3, -0.25) is 0 Å². The maximum Gasteiger partial charge on any atom is 0.0210 e. The van der Waals surface area contributed by atoms with E-state index in [4.69, 9.17) is 0 Å². The molecule has 2 heteroatoms. The molecule has 1 N–H and O–H groups in total. The molecule has 0 bridgehead atoms. The van der Waals surface area contributed by atoms with Crippen LogP contribution in [0.15, 0.2) is 28.7 Å². The first-order valence-corrected chi connectivity index (χ1v) is 8.87. The fourth-order valence-corrected chi connectivity index (χ4v) is 4.38. The van der Waals surface area contributed by atoms with Gasteiger partial charge >= 0.3 is 0 Å². The van der Waals surface area contributed by atoms with E-state index in [0.717, 1.165) is 12.5 Å². The lowest BCUT2D eigenvalue weighted by Crippen LogP contribution is -2.44. The zero-order valence-electron chi connectivity index (χ0n) is 13.1. The third-order valence-corrected chi connectivity index (χ3v) is 6.05. The smallest absolute Gasteiger partial charge is 0.0210 e. The molecule has 1 fully saturated rings. The molecule has 0 amide bonds. The highest BCUT2D eigenvalue weighted by Gasteiger charge is 2.41. The average Bonchev–Trinajstić information content (AvgIpc) is 2.48. The highest BCUT2D eigenvalue weighted by Crippen LogP contribution is 2.49. The molecule has 2 rings (SSSR count). The molecule has 1 aliphatic heterocycles. The van der Waals surface area contributed by atoms with E-state index in [2.05, 4.69) is 66.3 Å². The second-order valence-corrected chi connectivity index (χ2v) is 7.32. The quantitative estimate of drug-likeness (QED) is 0.762. The van der Waals surface area contributed by atoms with E-state index < -0.39 is 0 Å². The van der Waals surface area contributed by atoms with Crippen LogP contribution in [0.2, 0.25) is 0 Å². The van der Waals surface area contributed by atoms with Crippen molar-refractivity contribution in [2.24, 2.45) is 11.3 Å². The Morgan fingerprint density at radius 2 is 2.10 bits per heavy atom.